The van der Waals surface area contributed by atoms with Crippen molar-refractivity contribution in [2.45, 2.75) is 33.7 Å². The van der Waals surface area contributed by atoms with Crippen molar-refractivity contribution in [2.24, 2.45) is 5.92 Å². The van der Waals surface area contributed by atoms with Crippen molar-refractivity contribution >= 4 is 5.91 Å². The Morgan fingerprint density at radius 3 is 2.40 bits per heavy atom. The van der Waals surface area contributed by atoms with Crippen LogP contribution in [0.4, 0.5) is 0 Å². The molecule has 5 nitrogen and oxygen atoms in total. The van der Waals surface area contributed by atoms with Crippen LogP contribution in [-0.2, 0) is 9.53 Å². The van der Waals surface area contributed by atoms with E-state index in [9.17, 15) is 4.79 Å². The van der Waals surface area contributed by atoms with E-state index in [0.29, 0.717) is 18.5 Å². The summed E-state index contributed by atoms with van der Waals surface area (Å²) in [6.45, 7) is 13.1. The van der Waals surface area contributed by atoms with Crippen molar-refractivity contribution in [2.75, 3.05) is 53.5 Å². The highest BCUT2D eigenvalue weighted by molar-refractivity contribution is 5.77. The molecule has 0 aliphatic carbocycles. The molecular formula is C15H33N3O2. The zero-order chi connectivity index (χ0) is 15.5. The molecule has 0 saturated carbocycles. The molecule has 0 radical (unpaired) electrons. The number of hydrogen-bond donors (Lipinski definition) is 1. The van der Waals surface area contributed by atoms with Gasteiger partial charge in [0.05, 0.1) is 13.2 Å². The summed E-state index contributed by atoms with van der Waals surface area (Å²) in [5.74, 6) is 0.614. The van der Waals surface area contributed by atoms with Crippen molar-refractivity contribution in [1.29, 1.82) is 0 Å². The van der Waals surface area contributed by atoms with Crippen molar-refractivity contribution in [3.8, 4) is 0 Å². The third-order valence-corrected chi connectivity index (χ3v) is 3.45. The van der Waals surface area contributed by atoms with Crippen LogP contribution < -0.4 is 5.32 Å². The Morgan fingerprint density at radius 1 is 1.25 bits per heavy atom. The highest BCUT2D eigenvalue weighted by Gasteiger charge is 2.13. The summed E-state index contributed by atoms with van der Waals surface area (Å²) in [6.07, 6.45) is 0. The van der Waals surface area contributed by atoms with Gasteiger partial charge in [0.25, 0.3) is 0 Å². The first-order valence-corrected chi connectivity index (χ1v) is 7.58. The van der Waals surface area contributed by atoms with Gasteiger partial charge in [-0.05, 0) is 26.4 Å². The highest BCUT2D eigenvalue weighted by Crippen LogP contribution is 1.97. The molecule has 1 amide bonds. The third kappa shape index (κ3) is 9.28. The van der Waals surface area contributed by atoms with Gasteiger partial charge in [-0.1, -0.05) is 20.8 Å². The van der Waals surface area contributed by atoms with E-state index < -0.39 is 0 Å². The van der Waals surface area contributed by atoms with Gasteiger partial charge in [0.15, 0.2) is 0 Å². The number of carbonyl (C=O) groups excluding carboxylic acids is 1. The Hall–Kier alpha value is -0.650. The fraction of sp³-hybridized carbons (Fsp3) is 0.933. The minimum absolute atomic E-state index is 0.119. The molecule has 1 atom stereocenters. The smallest absolute Gasteiger partial charge is 0.234 e. The molecule has 1 unspecified atom stereocenters. The zero-order valence-electron chi connectivity index (χ0n) is 14.1. The Kier molecular flexibility index (Phi) is 10.7. The number of carbonyl (C=O) groups is 1. The number of ether oxygens (including phenoxy) is 1. The first-order chi connectivity index (χ1) is 9.40. The lowest BCUT2D eigenvalue weighted by atomic mass is 10.2. The van der Waals surface area contributed by atoms with Crippen LogP contribution >= 0.6 is 0 Å². The summed E-state index contributed by atoms with van der Waals surface area (Å²) in [5.41, 5.74) is 0. The van der Waals surface area contributed by atoms with Crippen LogP contribution in [0, 0.1) is 5.92 Å². The molecule has 0 rings (SSSR count). The van der Waals surface area contributed by atoms with Crippen molar-refractivity contribution in [3.05, 3.63) is 0 Å². The third-order valence-electron chi connectivity index (χ3n) is 3.45. The van der Waals surface area contributed by atoms with E-state index in [1.54, 1.807) is 7.11 Å². The summed E-state index contributed by atoms with van der Waals surface area (Å²) >= 11 is 0. The fourth-order valence-corrected chi connectivity index (χ4v) is 1.81. The minimum Gasteiger partial charge on any atom is -0.383 e. The van der Waals surface area contributed by atoms with Crippen molar-refractivity contribution in [3.63, 3.8) is 0 Å². The molecule has 1 N–H and O–H groups in total. The fourth-order valence-electron chi connectivity index (χ4n) is 1.81. The van der Waals surface area contributed by atoms with Crippen LogP contribution in [0.15, 0.2) is 0 Å². The molecule has 0 aromatic carbocycles. The second kappa shape index (κ2) is 11.1. The predicted molar refractivity (Wildman–Crippen MR) is 83.9 cm³/mol. The molecule has 0 heterocycles. The van der Waals surface area contributed by atoms with Crippen LogP contribution in [0.2, 0.25) is 0 Å². The normalized spacial score (nSPS) is 13.2. The Morgan fingerprint density at radius 2 is 1.90 bits per heavy atom. The van der Waals surface area contributed by atoms with E-state index in [0.717, 1.165) is 32.8 Å². The monoisotopic (exact) mass is 287 g/mol. The number of methoxy groups -OCH3 is 1. The topological polar surface area (TPSA) is 44.8 Å². The number of hydrogen-bond acceptors (Lipinski definition) is 4. The second-order valence-electron chi connectivity index (χ2n) is 5.85. The van der Waals surface area contributed by atoms with Crippen LogP contribution in [-0.4, -0.2) is 75.2 Å². The maximum Gasteiger partial charge on any atom is 0.234 e. The van der Waals surface area contributed by atoms with E-state index in [1.807, 2.05) is 0 Å². The summed E-state index contributed by atoms with van der Waals surface area (Å²) in [4.78, 5) is 16.2. The van der Waals surface area contributed by atoms with Gasteiger partial charge in [-0.3, -0.25) is 9.69 Å². The van der Waals surface area contributed by atoms with Crippen LogP contribution in [0.25, 0.3) is 0 Å². The first-order valence-electron chi connectivity index (χ1n) is 7.58. The van der Waals surface area contributed by atoms with Gasteiger partial charge >= 0.3 is 0 Å². The Bertz CT molecular complexity index is 260. The minimum atomic E-state index is 0.119. The summed E-state index contributed by atoms with van der Waals surface area (Å²) in [5, 5.41) is 2.96. The van der Waals surface area contributed by atoms with Gasteiger partial charge in [0.2, 0.25) is 5.91 Å². The molecule has 0 fully saturated rings. The van der Waals surface area contributed by atoms with Gasteiger partial charge in [-0.15, -0.1) is 0 Å². The zero-order valence-corrected chi connectivity index (χ0v) is 14.1. The number of rotatable bonds is 11. The lowest BCUT2D eigenvalue weighted by Crippen LogP contribution is -2.43. The molecular weight excluding hydrogens is 254 g/mol. The average molecular weight is 287 g/mol. The van der Waals surface area contributed by atoms with Crippen LogP contribution in [0.1, 0.15) is 27.7 Å². The molecule has 0 bridgehead atoms. The highest BCUT2D eigenvalue weighted by atomic mass is 16.5. The Labute approximate surface area is 124 Å². The molecule has 0 aliphatic heterocycles. The summed E-state index contributed by atoms with van der Waals surface area (Å²) in [6, 6.07) is 0.397. The van der Waals surface area contributed by atoms with Gasteiger partial charge in [-0.25, -0.2) is 0 Å². The summed E-state index contributed by atoms with van der Waals surface area (Å²) < 4.78 is 5.16. The van der Waals surface area contributed by atoms with Gasteiger partial charge in [-0.2, -0.15) is 0 Å². The summed E-state index contributed by atoms with van der Waals surface area (Å²) in [7, 11) is 3.82. The first kappa shape index (κ1) is 19.4. The maximum absolute atomic E-state index is 11.8. The molecule has 0 aromatic heterocycles. The molecule has 0 spiro atoms. The molecule has 5 heteroatoms. The molecule has 20 heavy (non-hydrogen) atoms. The largest absolute Gasteiger partial charge is 0.383 e. The number of nitrogens with zero attached hydrogens (tertiary/aromatic N) is 2. The van der Waals surface area contributed by atoms with E-state index in [4.69, 9.17) is 4.74 Å². The standard InChI is InChI=1S/C15H33N3O2/c1-7-18(11-15(19)16-10-13(2)3)9-8-17(5)14(4)12-20-6/h13-14H,7-12H2,1-6H3,(H,16,19). The quantitative estimate of drug-likeness (QED) is 0.617. The number of nitrogens with one attached hydrogen (secondary N) is 1. The average Bonchev–Trinajstić information content (AvgIpc) is 2.40. The van der Waals surface area contributed by atoms with Crippen molar-refractivity contribution < 1.29 is 9.53 Å². The molecule has 0 saturated heterocycles. The van der Waals surface area contributed by atoms with E-state index in [-0.39, 0.29) is 5.91 Å². The second-order valence-corrected chi connectivity index (χ2v) is 5.85. The van der Waals surface area contributed by atoms with Crippen LogP contribution in [0.5, 0.6) is 0 Å². The van der Waals surface area contributed by atoms with Gasteiger partial charge in [0, 0.05) is 32.8 Å². The van der Waals surface area contributed by atoms with Gasteiger partial charge < -0.3 is 15.0 Å². The number of amides is 1. The molecule has 0 aliphatic rings. The number of likely N-dealkylation sites (N-methyl/N-ethyl adjacent to an activating group) is 2. The van der Waals surface area contributed by atoms with Crippen LogP contribution in [0.3, 0.4) is 0 Å². The lowest BCUT2D eigenvalue weighted by molar-refractivity contribution is -0.122. The van der Waals surface area contributed by atoms with E-state index >= 15 is 0 Å². The van der Waals surface area contributed by atoms with E-state index in [1.165, 1.54) is 0 Å². The van der Waals surface area contributed by atoms with Crippen molar-refractivity contribution in [1.82, 2.24) is 15.1 Å². The SMILES string of the molecule is CCN(CCN(C)C(C)COC)CC(=O)NCC(C)C. The molecule has 0 aromatic rings. The van der Waals surface area contributed by atoms with Gasteiger partial charge in [0.1, 0.15) is 0 Å². The maximum atomic E-state index is 11.8. The lowest BCUT2D eigenvalue weighted by Gasteiger charge is -2.27. The Balaban J connectivity index is 3.99. The predicted octanol–water partition coefficient (Wildman–Crippen LogP) is 1.05. The van der Waals surface area contributed by atoms with E-state index in [2.05, 4.69) is 49.9 Å². The molecule has 120 valence electrons.